The lowest BCUT2D eigenvalue weighted by Gasteiger charge is -2.23. The average Bonchev–Trinajstić information content (AvgIpc) is 3.12. The van der Waals surface area contributed by atoms with Crippen LogP contribution in [0.3, 0.4) is 0 Å². The van der Waals surface area contributed by atoms with Crippen molar-refractivity contribution in [3.63, 3.8) is 0 Å². The van der Waals surface area contributed by atoms with Gasteiger partial charge in [-0.15, -0.1) is 0 Å². The lowest BCUT2D eigenvalue weighted by Crippen LogP contribution is -2.30. The maximum absolute atomic E-state index is 9.28. The molecule has 2 unspecified atom stereocenters. The van der Waals surface area contributed by atoms with E-state index in [1.807, 2.05) is 32.0 Å². The molecule has 0 aliphatic carbocycles. The minimum Gasteiger partial charge on any atom is -0.355 e. The SMILES string of the molecule is Cc1cc(C)nc(N2CC3CN(c4ncccc4C#N)CC3C2)n1. The second kappa shape index (κ2) is 5.75. The Morgan fingerprint density at radius 2 is 1.67 bits per heavy atom. The highest BCUT2D eigenvalue weighted by Gasteiger charge is 2.41. The van der Waals surface area contributed by atoms with Gasteiger partial charge in [0, 0.05) is 55.6 Å². The van der Waals surface area contributed by atoms with Crippen molar-refractivity contribution in [2.24, 2.45) is 11.8 Å². The normalized spacial score (nSPS) is 22.5. The Hall–Kier alpha value is -2.68. The lowest BCUT2D eigenvalue weighted by molar-refractivity contribution is 0.533. The summed E-state index contributed by atoms with van der Waals surface area (Å²) < 4.78 is 0. The summed E-state index contributed by atoms with van der Waals surface area (Å²) in [6.07, 6.45) is 1.76. The first kappa shape index (κ1) is 14.9. The maximum Gasteiger partial charge on any atom is 0.225 e. The molecular formula is C18H20N6. The van der Waals surface area contributed by atoms with Crippen LogP contribution in [0.5, 0.6) is 0 Å². The maximum atomic E-state index is 9.28. The predicted octanol–water partition coefficient (Wildman–Crippen LogP) is 1.93. The van der Waals surface area contributed by atoms with Gasteiger partial charge < -0.3 is 9.80 Å². The molecule has 6 nitrogen and oxygen atoms in total. The van der Waals surface area contributed by atoms with E-state index < -0.39 is 0 Å². The fourth-order valence-electron chi connectivity index (χ4n) is 3.91. The molecule has 0 aromatic carbocycles. The predicted molar refractivity (Wildman–Crippen MR) is 91.9 cm³/mol. The number of pyridine rings is 1. The molecule has 6 heteroatoms. The molecule has 24 heavy (non-hydrogen) atoms. The van der Waals surface area contributed by atoms with Gasteiger partial charge in [-0.25, -0.2) is 15.0 Å². The highest BCUT2D eigenvalue weighted by molar-refractivity contribution is 5.54. The quantitative estimate of drug-likeness (QED) is 0.842. The number of anilines is 2. The molecule has 2 aliphatic rings. The van der Waals surface area contributed by atoms with Gasteiger partial charge in [0.2, 0.25) is 5.95 Å². The summed E-state index contributed by atoms with van der Waals surface area (Å²) >= 11 is 0. The van der Waals surface area contributed by atoms with E-state index in [1.54, 1.807) is 6.20 Å². The van der Waals surface area contributed by atoms with Gasteiger partial charge >= 0.3 is 0 Å². The third kappa shape index (κ3) is 2.56. The summed E-state index contributed by atoms with van der Waals surface area (Å²) in [6.45, 7) is 7.86. The van der Waals surface area contributed by atoms with Crippen molar-refractivity contribution in [3.8, 4) is 6.07 Å². The van der Waals surface area contributed by atoms with Gasteiger partial charge in [0.1, 0.15) is 11.9 Å². The number of fused-ring (bicyclic) bond motifs is 1. The fraction of sp³-hybridized carbons (Fsp3) is 0.444. The Morgan fingerprint density at radius 1 is 1.04 bits per heavy atom. The average molecular weight is 320 g/mol. The highest BCUT2D eigenvalue weighted by atomic mass is 15.3. The molecule has 2 saturated heterocycles. The number of rotatable bonds is 2. The van der Waals surface area contributed by atoms with Crippen LogP contribution in [0.2, 0.25) is 0 Å². The molecule has 0 radical (unpaired) electrons. The van der Waals surface area contributed by atoms with Gasteiger partial charge in [-0.05, 0) is 32.0 Å². The molecule has 2 aliphatic heterocycles. The van der Waals surface area contributed by atoms with E-state index in [9.17, 15) is 5.26 Å². The van der Waals surface area contributed by atoms with E-state index in [4.69, 9.17) is 0 Å². The number of hydrogen-bond acceptors (Lipinski definition) is 6. The van der Waals surface area contributed by atoms with E-state index in [2.05, 4.69) is 30.8 Å². The number of aromatic nitrogens is 3. The van der Waals surface area contributed by atoms with Gasteiger partial charge in [0.25, 0.3) is 0 Å². The summed E-state index contributed by atoms with van der Waals surface area (Å²) in [5, 5.41) is 9.28. The van der Waals surface area contributed by atoms with Crippen LogP contribution in [0.1, 0.15) is 17.0 Å². The third-order valence-electron chi connectivity index (χ3n) is 4.95. The molecular weight excluding hydrogens is 300 g/mol. The van der Waals surface area contributed by atoms with Gasteiger partial charge in [-0.1, -0.05) is 0 Å². The fourth-order valence-corrected chi connectivity index (χ4v) is 3.91. The standard InChI is InChI=1S/C18H20N6/c1-12-6-13(2)22-18(21-12)24-10-15-8-23(9-16(15)11-24)17-14(7-19)4-3-5-20-17/h3-6,15-16H,8-11H2,1-2H3. The van der Waals surface area contributed by atoms with Crippen LogP contribution in [-0.2, 0) is 0 Å². The molecule has 2 atom stereocenters. The topological polar surface area (TPSA) is 68.9 Å². The van der Waals surface area contributed by atoms with Gasteiger partial charge in [-0.2, -0.15) is 5.26 Å². The van der Waals surface area contributed by atoms with E-state index in [-0.39, 0.29) is 0 Å². The van der Waals surface area contributed by atoms with E-state index in [0.29, 0.717) is 17.4 Å². The van der Waals surface area contributed by atoms with Gasteiger partial charge in [-0.3, -0.25) is 0 Å². The van der Waals surface area contributed by atoms with Crippen LogP contribution < -0.4 is 9.80 Å². The number of nitriles is 1. The molecule has 0 spiro atoms. The van der Waals surface area contributed by atoms with Gasteiger partial charge in [0.05, 0.1) is 5.56 Å². The Bertz CT molecular complexity index is 777. The zero-order valence-corrected chi connectivity index (χ0v) is 14.0. The Kier molecular flexibility index (Phi) is 3.57. The van der Waals surface area contributed by atoms with Crippen molar-refractivity contribution in [1.29, 1.82) is 5.26 Å². The second-order valence-corrected chi connectivity index (χ2v) is 6.77. The molecule has 0 bridgehead atoms. The summed E-state index contributed by atoms with van der Waals surface area (Å²) in [5.74, 6) is 2.82. The van der Waals surface area contributed by atoms with E-state index in [1.165, 1.54) is 0 Å². The van der Waals surface area contributed by atoms with Crippen molar-refractivity contribution in [2.45, 2.75) is 13.8 Å². The van der Waals surface area contributed by atoms with Crippen LogP contribution in [0.25, 0.3) is 0 Å². The zero-order valence-electron chi connectivity index (χ0n) is 14.0. The van der Waals surface area contributed by atoms with Crippen LogP contribution in [0.4, 0.5) is 11.8 Å². The van der Waals surface area contributed by atoms with Crippen molar-refractivity contribution in [2.75, 3.05) is 36.0 Å². The van der Waals surface area contributed by atoms with Crippen LogP contribution in [0.15, 0.2) is 24.4 Å². The summed E-state index contributed by atoms with van der Waals surface area (Å²) in [5.41, 5.74) is 2.69. The van der Waals surface area contributed by atoms with Crippen molar-refractivity contribution >= 4 is 11.8 Å². The van der Waals surface area contributed by atoms with Crippen LogP contribution in [0, 0.1) is 37.0 Å². The van der Waals surface area contributed by atoms with Crippen molar-refractivity contribution in [3.05, 3.63) is 41.3 Å². The van der Waals surface area contributed by atoms with Gasteiger partial charge in [0.15, 0.2) is 0 Å². The number of hydrogen-bond donors (Lipinski definition) is 0. The summed E-state index contributed by atoms with van der Waals surface area (Å²) in [7, 11) is 0. The molecule has 2 fully saturated rings. The molecule has 4 rings (SSSR count). The summed E-state index contributed by atoms with van der Waals surface area (Å²) in [4.78, 5) is 18.2. The van der Waals surface area contributed by atoms with Crippen LogP contribution in [-0.4, -0.2) is 41.1 Å². The Balaban J connectivity index is 1.50. The molecule has 2 aromatic rings. The lowest BCUT2D eigenvalue weighted by atomic mass is 10.0. The third-order valence-corrected chi connectivity index (χ3v) is 4.95. The number of nitrogens with zero attached hydrogens (tertiary/aromatic N) is 6. The molecule has 0 saturated carbocycles. The first-order valence-electron chi connectivity index (χ1n) is 8.31. The summed E-state index contributed by atoms with van der Waals surface area (Å²) in [6, 6.07) is 7.91. The minimum atomic E-state index is 0.572. The molecule has 4 heterocycles. The van der Waals surface area contributed by atoms with E-state index >= 15 is 0 Å². The van der Waals surface area contributed by atoms with Crippen molar-refractivity contribution in [1.82, 2.24) is 15.0 Å². The molecule has 122 valence electrons. The van der Waals surface area contributed by atoms with E-state index in [0.717, 1.165) is 49.3 Å². The Labute approximate surface area is 141 Å². The molecule has 0 amide bonds. The molecule has 2 aromatic heterocycles. The highest BCUT2D eigenvalue weighted by Crippen LogP contribution is 2.35. The first-order valence-corrected chi connectivity index (χ1v) is 8.31. The first-order chi connectivity index (χ1) is 11.6. The van der Waals surface area contributed by atoms with Crippen LogP contribution >= 0.6 is 0 Å². The smallest absolute Gasteiger partial charge is 0.225 e. The minimum absolute atomic E-state index is 0.572. The monoisotopic (exact) mass is 320 g/mol. The number of aryl methyl sites for hydroxylation is 2. The molecule has 0 N–H and O–H groups in total. The largest absolute Gasteiger partial charge is 0.355 e. The Morgan fingerprint density at radius 3 is 2.29 bits per heavy atom. The second-order valence-electron chi connectivity index (χ2n) is 6.77. The zero-order chi connectivity index (χ0) is 16.7. The van der Waals surface area contributed by atoms with Crippen molar-refractivity contribution < 1.29 is 0 Å².